The van der Waals surface area contributed by atoms with Crippen LogP contribution in [0.15, 0.2) is 23.2 Å². The van der Waals surface area contributed by atoms with E-state index in [9.17, 15) is 18.3 Å². The van der Waals surface area contributed by atoms with Crippen molar-refractivity contribution < 1.29 is 23.1 Å². The van der Waals surface area contributed by atoms with Crippen molar-refractivity contribution in [1.82, 2.24) is 9.78 Å². The molecule has 0 atom stereocenters. The van der Waals surface area contributed by atoms with Crippen molar-refractivity contribution in [3.05, 3.63) is 35.0 Å². The molecule has 2 rings (SSSR count). The van der Waals surface area contributed by atoms with Crippen molar-refractivity contribution in [3.63, 3.8) is 0 Å². The van der Waals surface area contributed by atoms with Crippen LogP contribution in [0.5, 0.6) is 5.88 Å². The number of hydrogen-bond donors (Lipinski definition) is 2. The van der Waals surface area contributed by atoms with E-state index in [1.54, 1.807) is 7.11 Å². The first kappa shape index (κ1) is 21.3. The summed E-state index contributed by atoms with van der Waals surface area (Å²) < 4.78 is 30.7. The molecule has 2 aromatic rings. The summed E-state index contributed by atoms with van der Waals surface area (Å²) in [5, 5.41) is 17.0. The number of aromatic hydroxyl groups is 1. The number of ether oxygens (including phenoxy) is 1. The lowest BCUT2D eigenvalue weighted by Gasteiger charge is -2.18. The van der Waals surface area contributed by atoms with Crippen molar-refractivity contribution in [2.45, 2.75) is 10.6 Å². The monoisotopic (exact) mass is 413 g/mol. The summed E-state index contributed by atoms with van der Waals surface area (Å²) in [6.07, 6.45) is 4.28. The molecule has 1 aromatic heterocycles. The van der Waals surface area contributed by atoms with Crippen LogP contribution in [0.3, 0.4) is 0 Å². The molecule has 0 bridgehead atoms. The highest BCUT2D eigenvalue weighted by atomic mass is 32.2. The van der Waals surface area contributed by atoms with Crippen molar-refractivity contribution in [3.8, 4) is 5.88 Å². The summed E-state index contributed by atoms with van der Waals surface area (Å²) >= 11 is 1.46. The number of anilines is 1. The molecule has 1 heterocycles. The fourth-order valence-corrected chi connectivity index (χ4v) is 4.12. The lowest BCUT2D eigenvalue weighted by molar-refractivity contribution is 0.103. The van der Waals surface area contributed by atoms with Gasteiger partial charge in [0, 0.05) is 38.3 Å². The maximum atomic E-state index is 13.0. The molecule has 0 spiro atoms. The van der Waals surface area contributed by atoms with E-state index in [-0.39, 0.29) is 16.3 Å². The van der Waals surface area contributed by atoms with Crippen LogP contribution < -0.4 is 5.32 Å². The lowest BCUT2D eigenvalue weighted by Crippen LogP contribution is -2.16. The number of methoxy groups -OCH3 is 1. The van der Waals surface area contributed by atoms with Gasteiger partial charge in [0.25, 0.3) is 0 Å². The van der Waals surface area contributed by atoms with Gasteiger partial charge in [0.2, 0.25) is 5.88 Å². The van der Waals surface area contributed by atoms with Gasteiger partial charge in [0.1, 0.15) is 5.56 Å². The molecule has 0 aliphatic heterocycles. The fourth-order valence-electron chi connectivity index (χ4n) is 2.65. The lowest BCUT2D eigenvalue weighted by atomic mass is 9.99. The first-order chi connectivity index (χ1) is 12.7. The quantitative estimate of drug-likeness (QED) is 0.472. The predicted molar refractivity (Wildman–Crippen MR) is 105 cm³/mol. The van der Waals surface area contributed by atoms with Crippen molar-refractivity contribution in [1.29, 1.82) is 0 Å². The third-order valence-corrected chi connectivity index (χ3v) is 5.68. The summed E-state index contributed by atoms with van der Waals surface area (Å²) in [5.74, 6) is -0.239. The standard InChI is InChI=1S/C17H23N3O5S2/c1-20-17(22)12(9-19-20)16(21)11-5-6-14(27(4,23)24)15(13(11)10-26-3)18-7-8-25-2/h5-6,9,18,22H,7-8,10H2,1-4H3. The van der Waals surface area contributed by atoms with E-state index in [1.807, 2.05) is 6.26 Å². The number of hydrogen-bond acceptors (Lipinski definition) is 8. The Bertz CT molecular complexity index is 938. The average Bonchev–Trinajstić information content (AvgIpc) is 2.94. The van der Waals surface area contributed by atoms with Gasteiger partial charge in [-0.3, -0.25) is 4.79 Å². The van der Waals surface area contributed by atoms with Gasteiger partial charge < -0.3 is 15.2 Å². The number of aromatic nitrogens is 2. The van der Waals surface area contributed by atoms with Gasteiger partial charge in [-0.05, 0) is 24.0 Å². The normalized spacial score (nSPS) is 11.6. The SMILES string of the molecule is COCCNc1c(S(C)(=O)=O)ccc(C(=O)c2cnn(C)c2O)c1CSC. The zero-order valence-electron chi connectivity index (χ0n) is 15.6. The molecule has 27 heavy (non-hydrogen) atoms. The van der Waals surface area contributed by atoms with Crippen LogP contribution in [0, 0.1) is 0 Å². The number of aryl methyl sites for hydroxylation is 1. The highest BCUT2D eigenvalue weighted by molar-refractivity contribution is 7.97. The Morgan fingerprint density at radius 3 is 2.59 bits per heavy atom. The molecule has 0 aliphatic carbocycles. The van der Waals surface area contributed by atoms with Crippen LogP contribution in [0.4, 0.5) is 5.69 Å². The Balaban J connectivity index is 2.65. The van der Waals surface area contributed by atoms with Crippen molar-refractivity contribution in [2.75, 3.05) is 38.1 Å². The van der Waals surface area contributed by atoms with E-state index in [4.69, 9.17) is 4.74 Å². The van der Waals surface area contributed by atoms with Gasteiger partial charge in [-0.2, -0.15) is 16.9 Å². The molecule has 0 saturated heterocycles. The minimum Gasteiger partial charge on any atom is -0.493 e. The third-order valence-electron chi connectivity index (χ3n) is 3.97. The minimum atomic E-state index is -3.51. The number of benzene rings is 1. The Labute approximate surface area is 162 Å². The van der Waals surface area contributed by atoms with Gasteiger partial charge in [-0.15, -0.1) is 0 Å². The number of carbonyl (C=O) groups excluding carboxylic acids is 1. The number of nitrogens with zero attached hydrogens (tertiary/aromatic N) is 2. The maximum absolute atomic E-state index is 13.0. The second-order valence-electron chi connectivity index (χ2n) is 5.92. The number of thioether (sulfide) groups is 1. The molecular formula is C17H23N3O5S2. The van der Waals surface area contributed by atoms with Crippen LogP contribution in [0.25, 0.3) is 0 Å². The van der Waals surface area contributed by atoms with Crippen LogP contribution in [-0.2, 0) is 27.4 Å². The third kappa shape index (κ3) is 4.63. The smallest absolute Gasteiger partial charge is 0.220 e. The van der Waals surface area contributed by atoms with Gasteiger partial charge in [-0.25, -0.2) is 13.1 Å². The molecule has 148 valence electrons. The zero-order valence-corrected chi connectivity index (χ0v) is 17.3. The van der Waals surface area contributed by atoms with E-state index in [2.05, 4.69) is 10.4 Å². The first-order valence-electron chi connectivity index (χ1n) is 8.05. The largest absolute Gasteiger partial charge is 0.493 e. The molecule has 2 N–H and O–H groups in total. The molecule has 0 fully saturated rings. The summed E-state index contributed by atoms with van der Waals surface area (Å²) in [4.78, 5) is 13.1. The van der Waals surface area contributed by atoms with Crippen molar-refractivity contribution >= 4 is 33.1 Å². The van der Waals surface area contributed by atoms with E-state index < -0.39 is 15.6 Å². The molecule has 0 saturated carbocycles. The Kier molecular flexibility index (Phi) is 6.90. The molecule has 10 heteroatoms. The molecule has 0 aliphatic rings. The van der Waals surface area contributed by atoms with Gasteiger partial charge in [0.05, 0.1) is 23.4 Å². The summed E-state index contributed by atoms with van der Waals surface area (Å²) in [5.41, 5.74) is 1.34. The molecule has 8 nitrogen and oxygen atoms in total. The second-order valence-corrected chi connectivity index (χ2v) is 8.77. The number of sulfone groups is 1. The summed E-state index contributed by atoms with van der Waals surface area (Å²) in [6.45, 7) is 0.764. The van der Waals surface area contributed by atoms with Crippen LogP contribution >= 0.6 is 11.8 Å². The predicted octanol–water partition coefficient (Wildman–Crippen LogP) is 1.68. The van der Waals surface area contributed by atoms with Gasteiger partial charge in [0.15, 0.2) is 15.6 Å². The summed E-state index contributed by atoms with van der Waals surface area (Å²) in [6, 6.07) is 2.90. The zero-order chi connectivity index (χ0) is 20.2. The fraction of sp³-hybridized carbons (Fsp3) is 0.412. The van der Waals surface area contributed by atoms with Crippen LogP contribution in [0.1, 0.15) is 21.5 Å². The van der Waals surface area contributed by atoms with Gasteiger partial charge in [-0.1, -0.05) is 0 Å². The Morgan fingerprint density at radius 2 is 2.07 bits per heavy atom. The highest BCUT2D eigenvalue weighted by Crippen LogP contribution is 2.33. The minimum absolute atomic E-state index is 0.0646. The number of carbonyl (C=O) groups is 1. The second kappa shape index (κ2) is 8.77. The van der Waals surface area contributed by atoms with E-state index in [1.165, 1.54) is 41.8 Å². The number of rotatable bonds is 9. The molecular weight excluding hydrogens is 390 g/mol. The van der Waals surface area contributed by atoms with Crippen LogP contribution in [0.2, 0.25) is 0 Å². The maximum Gasteiger partial charge on any atom is 0.220 e. The Hall–Kier alpha value is -2.04. The van der Waals surface area contributed by atoms with E-state index >= 15 is 0 Å². The van der Waals surface area contributed by atoms with Crippen LogP contribution in [-0.4, -0.2) is 61.9 Å². The summed E-state index contributed by atoms with van der Waals surface area (Å²) in [7, 11) is -0.436. The van der Waals surface area contributed by atoms with E-state index in [0.717, 1.165) is 6.26 Å². The molecule has 0 unspecified atom stereocenters. The van der Waals surface area contributed by atoms with Crippen molar-refractivity contribution in [2.24, 2.45) is 7.05 Å². The molecule has 0 amide bonds. The van der Waals surface area contributed by atoms with Gasteiger partial charge >= 0.3 is 0 Å². The topological polar surface area (TPSA) is 111 Å². The number of nitrogens with one attached hydrogen (secondary N) is 1. The first-order valence-corrected chi connectivity index (χ1v) is 11.3. The molecule has 0 radical (unpaired) electrons. The number of ketones is 1. The Morgan fingerprint density at radius 1 is 1.37 bits per heavy atom. The highest BCUT2D eigenvalue weighted by Gasteiger charge is 2.25. The van der Waals surface area contributed by atoms with E-state index in [0.29, 0.717) is 35.7 Å². The average molecular weight is 414 g/mol. The molecule has 1 aromatic carbocycles.